The highest BCUT2D eigenvalue weighted by molar-refractivity contribution is 6.30. The fourth-order valence-corrected chi connectivity index (χ4v) is 4.30. The molecule has 2 heterocycles. The number of allylic oxidation sites excluding steroid dienone is 1. The van der Waals surface area contributed by atoms with Gasteiger partial charge in [0.1, 0.15) is 0 Å². The maximum Gasteiger partial charge on any atom is 0.251 e. The maximum absolute atomic E-state index is 13.0. The highest BCUT2D eigenvalue weighted by atomic mass is 35.5. The summed E-state index contributed by atoms with van der Waals surface area (Å²) in [4.78, 5) is 15.2. The monoisotopic (exact) mass is 445 g/mol. The van der Waals surface area contributed by atoms with Crippen LogP contribution in [0.5, 0.6) is 0 Å². The predicted octanol–water partition coefficient (Wildman–Crippen LogP) is 4.44. The van der Waals surface area contributed by atoms with Crippen molar-refractivity contribution in [1.29, 1.82) is 0 Å². The molecule has 162 valence electrons. The first kappa shape index (κ1) is 20.4. The van der Waals surface area contributed by atoms with Crippen molar-refractivity contribution in [3.63, 3.8) is 0 Å². The van der Waals surface area contributed by atoms with E-state index in [2.05, 4.69) is 26.2 Å². The van der Waals surface area contributed by atoms with Crippen molar-refractivity contribution in [1.82, 2.24) is 21.3 Å². The van der Waals surface area contributed by atoms with Crippen molar-refractivity contribution >= 4 is 34.6 Å². The van der Waals surface area contributed by atoms with Crippen LogP contribution < -0.4 is 21.2 Å². The molecule has 32 heavy (non-hydrogen) atoms. The van der Waals surface area contributed by atoms with E-state index in [1.54, 1.807) is 0 Å². The number of hydrazine groups is 2. The Kier molecular flexibility index (Phi) is 5.47. The molecule has 0 radical (unpaired) electrons. The number of benzene rings is 3. The van der Waals surface area contributed by atoms with Gasteiger partial charge < -0.3 is 15.6 Å². The maximum atomic E-state index is 13.0. The minimum absolute atomic E-state index is 0.0952. The van der Waals surface area contributed by atoms with Crippen molar-refractivity contribution in [2.75, 3.05) is 18.0 Å². The number of rotatable bonds is 4. The summed E-state index contributed by atoms with van der Waals surface area (Å²) in [5.74, 6) is -0.0952. The molecule has 0 unspecified atom stereocenters. The molecule has 3 aromatic carbocycles. The topological polar surface area (TPSA) is 59.6 Å². The zero-order chi connectivity index (χ0) is 22.1. The lowest BCUT2D eigenvalue weighted by Gasteiger charge is -2.25. The van der Waals surface area contributed by atoms with Gasteiger partial charge >= 0.3 is 0 Å². The molecule has 6 nitrogen and oxygen atoms in total. The molecule has 0 atom stereocenters. The van der Waals surface area contributed by atoms with Crippen LogP contribution in [0.1, 0.15) is 28.4 Å². The molecular weight excluding hydrogens is 422 g/mol. The molecule has 3 aromatic rings. The Bertz CT molecular complexity index is 1180. The quantitative estimate of drug-likeness (QED) is 0.554. The van der Waals surface area contributed by atoms with E-state index in [0.717, 1.165) is 47.0 Å². The van der Waals surface area contributed by atoms with Crippen LogP contribution in [0.2, 0.25) is 5.02 Å². The number of nitrogens with zero attached hydrogens (tertiary/aromatic N) is 2. The number of carbonyl (C=O) groups is 1. The third kappa shape index (κ3) is 3.90. The molecule has 5 rings (SSSR count). The summed E-state index contributed by atoms with van der Waals surface area (Å²) < 4.78 is 0. The number of hydrogen-bond acceptors (Lipinski definition) is 5. The van der Waals surface area contributed by atoms with Gasteiger partial charge in [-0.15, -0.1) is 5.53 Å². The van der Waals surface area contributed by atoms with Gasteiger partial charge in [-0.25, -0.2) is 0 Å². The second-order valence-electron chi connectivity index (χ2n) is 7.89. The van der Waals surface area contributed by atoms with Crippen molar-refractivity contribution in [2.24, 2.45) is 0 Å². The average Bonchev–Trinajstić information content (AvgIpc) is 3.10. The summed E-state index contributed by atoms with van der Waals surface area (Å²) in [6.07, 6.45) is 0. The molecule has 0 bridgehead atoms. The Hall–Kier alpha value is -3.48. The van der Waals surface area contributed by atoms with Crippen molar-refractivity contribution in [2.45, 2.75) is 13.5 Å². The van der Waals surface area contributed by atoms with Gasteiger partial charge in [-0.3, -0.25) is 9.80 Å². The predicted molar refractivity (Wildman–Crippen MR) is 128 cm³/mol. The van der Waals surface area contributed by atoms with Gasteiger partial charge in [0.15, 0.2) is 0 Å². The number of carbonyl (C=O) groups excluding carboxylic acids is 1. The Morgan fingerprint density at radius 1 is 1.03 bits per heavy atom. The highest BCUT2D eigenvalue weighted by Gasteiger charge is 2.30. The second-order valence-corrected chi connectivity index (χ2v) is 8.33. The first-order chi connectivity index (χ1) is 15.6. The summed E-state index contributed by atoms with van der Waals surface area (Å²) >= 11 is 6.13. The van der Waals surface area contributed by atoms with Crippen molar-refractivity contribution in [3.05, 3.63) is 100 Å². The van der Waals surface area contributed by atoms with Gasteiger partial charge in [0.05, 0.1) is 23.6 Å². The fraction of sp³-hybridized carbons (Fsp3) is 0.160. The molecule has 0 fully saturated rings. The summed E-state index contributed by atoms with van der Waals surface area (Å²) in [5, 5.41) is 5.84. The number of nitrogens with one attached hydrogen (secondary N) is 3. The lowest BCUT2D eigenvalue weighted by molar-refractivity contribution is 0.0951. The molecule has 0 saturated heterocycles. The van der Waals surface area contributed by atoms with Gasteiger partial charge in [0, 0.05) is 34.9 Å². The molecular formula is C25H24ClN5O. The summed E-state index contributed by atoms with van der Waals surface area (Å²) in [7, 11) is 0. The third-order valence-corrected chi connectivity index (χ3v) is 6.04. The molecule has 7 heteroatoms. The molecule has 0 saturated carbocycles. The van der Waals surface area contributed by atoms with Crippen LogP contribution >= 0.6 is 11.6 Å². The first-order valence-corrected chi connectivity index (χ1v) is 11.0. The zero-order valence-electron chi connectivity index (χ0n) is 17.7. The molecule has 3 N–H and O–H groups in total. The van der Waals surface area contributed by atoms with Gasteiger partial charge in [-0.2, -0.15) is 0 Å². The first-order valence-electron chi connectivity index (χ1n) is 10.6. The largest absolute Gasteiger partial charge is 0.348 e. The van der Waals surface area contributed by atoms with E-state index >= 15 is 0 Å². The summed E-state index contributed by atoms with van der Waals surface area (Å²) in [5.41, 5.74) is 13.4. The number of anilines is 2. The Morgan fingerprint density at radius 3 is 2.59 bits per heavy atom. The smallest absolute Gasteiger partial charge is 0.251 e. The van der Waals surface area contributed by atoms with Crippen LogP contribution in [-0.4, -0.2) is 24.0 Å². The fourth-order valence-electron chi connectivity index (χ4n) is 4.17. The van der Waals surface area contributed by atoms with Crippen molar-refractivity contribution in [3.8, 4) is 0 Å². The van der Waals surface area contributed by atoms with Crippen LogP contribution in [0.3, 0.4) is 0 Å². The van der Waals surface area contributed by atoms with Crippen LogP contribution in [0, 0.1) is 0 Å². The van der Waals surface area contributed by atoms with Crippen LogP contribution in [-0.2, 0) is 6.54 Å². The lowest BCUT2D eigenvalue weighted by atomic mass is 10.0. The summed E-state index contributed by atoms with van der Waals surface area (Å²) in [6, 6.07) is 23.6. The van der Waals surface area contributed by atoms with E-state index in [0.29, 0.717) is 17.1 Å². The number of halogens is 1. The Labute approximate surface area is 192 Å². The molecule has 2 aliphatic rings. The standard InChI is InChI=1S/C25H24ClN5O/c1-17-24-22-12-7-19(25(32)27-16-18-5-3-2-4-6-18)15-23(22)30(13-14-31(24)29-28-17)21-10-8-20(26)9-11-21/h2-12,15,28-29H,13-14,16H2,1H3,(H,27,32). The number of fused-ring (bicyclic) bond motifs is 3. The molecule has 0 spiro atoms. The molecule has 2 aliphatic heterocycles. The Morgan fingerprint density at radius 2 is 1.81 bits per heavy atom. The summed E-state index contributed by atoms with van der Waals surface area (Å²) in [6.45, 7) is 4.05. The SMILES string of the molecule is CC1=C2c3ccc(C(=O)NCc4ccccc4)cc3N(c3ccc(Cl)cc3)CCN2NN1. The third-order valence-electron chi connectivity index (χ3n) is 5.79. The van der Waals surface area contributed by atoms with E-state index in [1.165, 1.54) is 0 Å². The van der Waals surface area contributed by atoms with Crippen LogP contribution in [0.4, 0.5) is 11.4 Å². The minimum atomic E-state index is -0.0952. The van der Waals surface area contributed by atoms with Gasteiger partial charge in [0.25, 0.3) is 5.91 Å². The normalized spacial score (nSPS) is 15.1. The molecule has 1 amide bonds. The lowest BCUT2D eigenvalue weighted by Crippen LogP contribution is -2.40. The molecule has 0 aromatic heterocycles. The van der Waals surface area contributed by atoms with Crippen molar-refractivity contribution < 1.29 is 4.79 Å². The average molecular weight is 446 g/mol. The van der Waals surface area contributed by atoms with Gasteiger partial charge in [-0.1, -0.05) is 41.9 Å². The van der Waals surface area contributed by atoms with E-state index < -0.39 is 0 Å². The Balaban J connectivity index is 1.52. The highest BCUT2D eigenvalue weighted by Crippen LogP contribution is 2.39. The zero-order valence-corrected chi connectivity index (χ0v) is 18.5. The van der Waals surface area contributed by atoms with Gasteiger partial charge in [0.2, 0.25) is 0 Å². The molecule has 0 aliphatic carbocycles. The van der Waals surface area contributed by atoms with E-state index in [-0.39, 0.29) is 5.91 Å². The van der Waals surface area contributed by atoms with E-state index in [4.69, 9.17) is 11.6 Å². The van der Waals surface area contributed by atoms with E-state index in [9.17, 15) is 4.79 Å². The van der Waals surface area contributed by atoms with Crippen LogP contribution in [0.25, 0.3) is 5.70 Å². The second kappa shape index (κ2) is 8.57. The number of hydrogen-bond donors (Lipinski definition) is 3. The van der Waals surface area contributed by atoms with E-state index in [1.807, 2.05) is 79.7 Å². The van der Waals surface area contributed by atoms with Crippen LogP contribution in [0.15, 0.2) is 78.5 Å². The number of amides is 1. The van der Waals surface area contributed by atoms with Gasteiger partial charge in [-0.05, 0) is 55.0 Å². The minimum Gasteiger partial charge on any atom is -0.348 e.